The third kappa shape index (κ3) is 2.74. The molecule has 0 bridgehead atoms. The Bertz CT molecular complexity index is 506. The quantitative estimate of drug-likeness (QED) is 0.846. The molecule has 0 aliphatic heterocycles. The van der Waals surface area contributed by atoms with Gasteiger partial charge in [0.1, 0.15) is 5.82 Å². The van der Waals surface area contributed by atoms with Crippen molar-refractivity contribution in [3.63, 3.8) is 0 Å². The highest BCUT2D eigenvalue weighted by molar-refractivity contribution is 5.84. The van der Waals surface area contributed by atoms with Crippen LogP contribution < -0.4 is 10.6 Å². The number of nitrogens with zero attached hydrogens (tertiary/aromatic N) is 1. The summed E-state index contributed by atoms with van der Waals surface area (Å²) in [7, 11) is 1.96. The predicted molar refractivity (Wildman–Crippen MR) is 73.3 cm³/mol. The number of anilines is 1. The zero-order chi connectivity index (χ0) is 12.3. The molecule has 2 N–H and O–H groups in total. The molecule has 0 saturated heterocycles. The number of aromatic nitrogens is 1. The first-order chi connectivity index (χ1) is 8.20. The van der Waals surface area contributed by atoms with Crippen molar-refractivity contribution in [2.24, 2.45) is 0 Å². The van der Waals surface area contributed by atoms with Crippen LogP contribution in [0.4, 0.5) is 5.82 Å². The van der Waals surface area contributed by atoms with Crippen molar-refractivity contribution in [2.45, 2.75) is 26.4 Å². The molecule has 3 nitrogen and oxygen atoms in total. The Morgan fingerprint density at radius 1 is 1.24 bits per heavy atom. The number of pyridine rings is 1. The maximum atomic E-state index is 4.62. The fourth-order valence-electron chi connectivity index (χ4n) is 1.95. The maximum absolute atomic E-state index is 4.62. The van der Waals surface area contributed by atoms with Crippen LogP contribution in [0.1, 0.15) is 19.4 Å². The van der Waals surface area contributed by atoms with Crippen LogP contribution in [-0.4, -0.2) is 18.1 Å². The molecule has 0 aliphatic rings. The fourth-order valence-corrected chi connectivity index (χ4v) is 1.95. The molecule has 0 aliphatic carbocycles. The minimum absolute atomic E-state index is 0.395. The van der Waals surface area contributed by atoms with Gasteiger partial charge in [0.05, 0.1) is 5.52 Å². The smallest absolute Gasteiger partial charge is 0.127 e. The number of nitrogens with one attached hydrogen (secondary N) is 2. The van der Waals surface area contributed by atoms with Crippen LogP contribution in [0.2, 0.25) is 0 Å². The molecule has 2 aromatic rings. The molecular weight excluding hydrogens is 210 g/mol. The summed E-state index contributed by atoms with van der Waals surface area (Å²) in [5.74, 6) is 0.948. The Hall–Kier alpha value is -1.61. The summed E-state index contributed by atoms with van der Waals surface area (Å²) >= 11 is 0. The van der Waals surface area contributed by atoms with Crippen molar-refractivity contribution in [2.75, 3.05) is 12.4 Å². The molecule has 0 amide bonds. The molecule has 0 atom stereocenters. The average Bonchev–Trinajstić information content (AvgIpc) is 2.28. The first-order valence-corrected chi connectivity index (χ1v) is 6.00. The molecule has 0 saturated carbocycles. The van der Waals surface area contributed by atoms with E-state index in [2.05, 4.69) is 53.7 Å². The lowest BCUT2D eigenvalue weighted by molar-refractivity contribution is 0.821. The number of fused-ring (bicyclic) bond motifs is 1. The van der Waals surface area contributed by atoms with Crippen LogP contribution in [-0.2, 0) is 6.54 Å². The molecule has 1 aromatic carbocycles. The Balaban J connectivity index is 2.50. The lowest BCUT2D eigenvalue weighted by Crippen LogP contribution is -2.12. The van der Waals surface area contributed by atoms with Crippen molar-refractivity contribution in [3.8, 4) is 0 Å². The van der Waals surface area contributed by atoms with E-state index in [9.17, 15) is 0 Å². The van der Waals surface area contributed by atoms with Gasteiger partial charge in [0.15, 0.2) is 0 Å². The Morgan fingerprint density at radius 3 is 2.71 bits per heavy atom. The third-order valence-corrected chi connectivity index (χ3v) is 2.61. The molecule has 1 aromatic heterocycles. The number of rotatable bonds is 4. The van der Waals surface area contributed by atoms with Crippen LogP contribution in [0.5, 0.6) is 0 Å². The van der Waals surface area contributed by atoms with Crippen LogP contribution in [0.15, 0.2) is 30.3 Å². The standard InChI is InChI=1S/C14H19N3/c1-10(2)16-14-8-11(9-15-3)12-6-4-5-7-13(12)17-14/h4-8,10,15H,9H2,1-3H3,(H,16,17). The predicted octanol–water partition coefficient (Wildman–Crippen LogP) is 2.77. The summed E-state index contributed by atoms with van der Waals surface area (Å²) in [5, 5.41) is 7.78. The van der Waals surface area contributed by atoms with Gasteiger partial charge in [-0.25, -0.2) is 4.98 Å². The average molecular weight is 229 g/mol. The van der Waals surface area contributed by atoms with Gasteiger partial charge in [-0.05, 0) is 38.6 Å². The Kier molecular flexibility index (Phi) is 3.59. The van der Waals surface area contributed by atoms with E-state index in [0.29, 0.717) is 6.04 Å². The van der Waals surface area contributed by atoms with Gasteiger partial charge in [-0.3, -0.25) is 0 Å². The molecule has 3 heteroatoms. The van der Waals surface area contributed by atoms with E-state index in [4.69, 9.17) is 0 Å². The van der Waals surface area contributed by atoms with E-state index in [0.717, 1.165) is 17.9 Å². The molecule has 2 rings (SSSR count). The lowest BCUT2D eigenvalue weighted by Gasteiger charge is -2.13. The van der Waals surface area contributed by atoms with Crippen molar-refractivity contribution in [1.29, 1.82) is 0 Å². The molecule has 1 heterocycles. The van der Waals surface area contributed by atoms with Crippen molar-refractivity contribution < 1.29 is 0 Å². The second-order valence-corrected chi connectivity index (χ2v) is 4.51. The topological polar surface area (TPSA) is 37.0 Å². The van der Waals surface area contributed by atoms with Crippen LogP contribution in [0.3, 0.4) is 0 Å². The molecule has 0 spiro atoms. The van der Waals surface area contributed by atoms with E-state index < -0.39 is 0 Å². The summed E-state index contributed by atoms with van der Waals surface area (Å²) in [6.07, 6.45) is 0. The highest BCUT2D eigenvalue weighted by Crippen LogP contribution is 2.20. The molecule has 0 fully saturated rings. The monoisotopic (exact) mass is 229 g/mol. The number of para-hydroxylation sites is 1. The van der Waals surface area contributed by atoms with E-state index in [1.54, 1.807) is 0 Å². The number of benzene rings is 1. The fraction of sp³-hybridized carbons (Fsp3) is 0.357. The van der Waals surface area contributed by atoms with Crippen molar-refractivity contribution in [1.82, 2.24) is 10.3 Å². The summed E-state index contributed by atoms with van der Waals surface area (Å²) in [6.45, 7) is 5.10. The molecular formula is C14H19N3. The minimum atomic E-state index is 0.395. The minimum Gasteiger partial charge on any atom is -0.368 e. The van der Waals surface area contributed by atoms with Crippen LogP contribution in [0, 0.1) is 0 Å². The molecule has 17 heavy (non-hydrogen) atoms. The third-order valence-electron chi connectivity index (χ3n) is 2.61. The molecule has 90 valence electrons. The lowest BCUT2D eigenvalue weighted by atomic mass is 10.1. The van der Waals surface area contributed by atoms with Gasteiger partial charge >= 0.3 is 0 Å². The summed E-state index contributed by atoms with van der Waals surface area (Å²) in [6, 6.07) is 10.8. The molecule has 0 radical (unpaired) electrons. The van der Waals surface area contributed by atoms with E-state index in [1.165, 1.54) is 10.9 Å². The highest BCUT2D eigenvalue weighted by Gasteiger charge is 2.05. The van der Waals surface area contributed by atoms with Gasteiger partial charge < -0.3 is 10.6 Å². The SMILES string of the molecule is CNCc1cc(NC(C)C)nc2ccccc12. The summed E-state index contributed by atoms with van der Waals surface area (Å²) in [5.41, 5.74) is 2.32. The van der Waals surface area contributed by atoms with Crippen LogP contribution in [0.25, 0.3) is 10.9 Å². The summed E-state index contributed by atoms with van der Waals surface area (Å²) in [4.78, 5) is 4.62. The van der Waals surface area contributed by atoms with Gasteiger partial charge in [-0.15, -0.1) is 0 Å². The van der Waals surface area contributed by atoms with E-state index in [-0.39, 0.29) is 0 Å². The first kappa shape index (κ1) is 11.9. The number of hydrogen-bond acceptors (Lipinski definition) is 3. The van der Waals surface area contributed by atoms with Gasteiger partial charge in [0, 0.05) is 18.0 Å². The molecule has 0 unspecified atom stereocenters. The van der Waals surface area contributed by atoms with E-state index >= 15 is 0 Å². The van der Waals surface area contributed by atoms with Gasteiger partial charge in [0.2, 0.25) is 0 Å². The van der Waals surface area contributed by atoms with Gasteiger partial charge in [-0.2, -0.15) is 0 Å². The van der Waals surface area contributed by atoms with Gasteiger partial charge in [0.25, 0.3) is 0 Å². The first-order valence-electron chi connectivity index (χ1n) is 6.00. The Morgan fingerprint density at radius 2 is 2.00 bits per heavy atom. The van der Waals surface area contributed by atoms with Crippen molar-refractivity contribution >= 4 is 16.7 Å². The normalized spacial score (nSPS) is 11.1. The second-order valence-electron chi connectivity index (χ2n) is 4.51. The second kappa shape index (κ2) is 5.15. The largest absolute Gasteiger partial charge is 0.368 e. The number of hydrogen-bond donors (Lipinski definition) is 2. The van der Waals surface area contributed by atoms with Gasteiger partial charge in [-0.1, -0.05) is 18.2 Å². The van der Waals surface area contributed by atoms with Crippen LogP contribution >= 0.6 is 0 Å². The highest BCUT2D eigenvalue weighted by atomic mass is 15.0. The summed E-state index contributed by atoms with van der Waals surface area (Å²) < 4.78 is 0. The Labute approximate surface area is 102 Å². The van der Waals surface area contributed by atoms with E-state index in [1.807, 2.05) is 13.1 Å². The zero-order valence-electron chi connectivity index (χ0n) is 10.6. The maximum Gasteiger partial charge on any atom is 0.127 e. The van der Waals surface area contributed by atoms with Crippen molar-refractivity contribution in [3.05, 3.63) is 35.9 Å². The zero-order valence-corrected chi connectivity index (χ0v) is 10.6.